The Morgan fingerprint density at radius 3 is 1.90 bits per heavy atom. The van der Waals surface area contributed by atoms with Crippen LogP contribution in [0.3, 0.4) is 0 Å². The molecular weight excluding hydrogens is 386 g/mol. The van der Waals surface area contributed by atoms with Crippen LogP contribution in [0.15, 0.2) is 89.8 Å². The zero-order chi connectivity index (χ0) is 20.9. The third-order valence-corrected chi connectivity index (χ3v) is 5.89. The number of aryl methyl sites for hydroxylation is 1. The van der Waals surface area contributed by atoms with Gasteiger partial charge in [0.05, 0.1) is 17.0 Å². The van der Waals surface area contributed by atoms with Crippen molar-refractivity contribution in [3.63, 3.8) is 0 Å². The molecule has 29 heavy (non-hydrogen) atoms. The van der Waals surface area contributed by atoms with E-state index in [4.69, 9.17) is 5.73 Å². The highest BCUT2D eigenvalue weighted by Gasteiger charge is 2.25. The second kappa shape index (κ2) is 8.89. The number of urea groups is 1. The Morgan fingerprint density at radius 2 is 1.34 bits per heavy atom. The van der Waals surface area contributed by atoms with E-state index < -0.39 is 28.1 Å². The molecule has 6 nitrogen and oxygen atoms in total. The maximum atomic E-state index is 12.6. The van der Waals surface area contributed by atoms with E-state index in [0.29, 0.717) is 0 Å². The van der Waals surface area contributed by atoms with E-state index >= 15 is 0 Å². The normalized spacial score (nSPS) is 13.3. The van der Waals surface area contributed by atoms with Gasteiger partial charge in [0.15, 0.2) is 0 Å². The lowest BCUT2D eigenvalue weighted by Crippen LogP contribution is -2.44. The lowest BCUT2D eigenvalue weighted by atomic mass is 9.94. The Kier molecular flexibility index (Phi) is 6.31. The van der Waals surface area contributed by atoms with E-state index in [9.17, 15) is 13.2 Å². The molecule has 3 aromatic rings. The topological polar surface area (TPSA) is 101 Å². The van der Waals surface area contributed by atoms with E-state index in [1.807, 2.05) is 67.6 Å². The van der Waals surface area contributed by atoms with Gasteiger partial charge in [-0.2, -0.15) is 0 Å². The SMILES string of the molecule is Cc1ccc(S(=O)(=O)NC(=O)N[C@H](c2ccccc2)[C@H](N)c2ccccc2)cc1. The van der Waals surface area contributed by atoms with Gasteiger partial charge in [-0.1, -0.05) is 78.4 Å². The quantitative estimate of drug-likeness (QED) is 0.580. The van der Waals surface area contributed by atoms with Crippen molar-refractivity contribution >= 4 is 16.1 Å². The average molecular weight is 410 g/mol. The van der Waals surface area contributed by atoms with Crippen LogP contribution in [-0.4, -0.2) is 14.4 Å². The molecule has 150 valence electrons. The van der Waals surface area contributed by atoms with Crippen LogP contribution in [0.4, 0.5) is 4.79 Å². The first-order chi connectivity index (χ1) is 13.9. The number of sulfonamides is 1. The second-order valence-electron chi connectivity index (χ2n) is 6.72. The van der Waals surface area contributed by atoms with Crippen LogP contribution in [0.25, 0.3) is 0 Å². The minimum Gasteiger partial charge on any atom is -0.329 e. The van der Waals surface area contributed by atoms with E-state index in [2.05, 4.69) is 10.0 Å². The predicted octanol–water partition coefficient (Wildman–Crippen LogP) is 3.42. The molecule has 0 spiro atoms. The lowest BCUT2D eigenvalue weighted by Gasteiger charge is -2.26. The number of nitrogens with one attached hydrogen (secondary N) is 2. The molecule has 0 saturated heterocycles. The number of amides is 2. The molecule has 3 aromatic carbocycles. The van der Waals surface area contributed by atoms with Crippen molar-refractivity contribution in [2.75, 3.05) is 0 Å². The maximum absolute atomic E-state index is 12.6. The van der Waals surface area contributed by atoms with Gasteiger partial charge in [0.25, 0.3) is 10.0 Å². The van der Waals surface area contributed by atoms with Crippen LogP contribution in [0.5, 0.6) is 0 Å². The number of hydrogen-bond acceptors (Lipinski definition) is 4. The summed E-state index contributed by atoms with van der Waals surface area (Å²) in [4.78, 5) is 12.6. The standard InChI is InChI=1S/C22H23N3O3S/c1-16-12-14-19(15-13-16)29(27,28)25-22(26)24-21(18-10-6-3-7-11-18)20(23)17-8-4-2-5-9-17/h2-15,20-21H,23H2,1H3,(H2,24,25,26)/t20-,21-/m1/s1. The van der Waals surface area contributed by atoms with Gasteiger partial charge < -0.3 is 11.1 Å². The van der Waals surface area contributed by atoms with Gasteiger partial charge in [0.1, 0.15) is 0 Å². The van der Waals surface area contributed by atoms with Gasteiger partial charge in [-0.25, -0.2) is 17.9 Å². The van der Waals surface area contributed by atoms with E-state index in [1.165, 1.54) is 12.1 Å². The van der Waals surface area contributed by atoms with Crippen LogP contribution in [0.2, 0.25) is 0 Å². The van der Waals surface area contributed by atoms with Crippen molar-refractivity contribution in [2.45, 2.75) is 23.9 Å². The fourth-order valence-electron chi connectivity index (χ4n) is 2.98. The van der Waals surface area contributed by atoms with Crippen LogP contribution < -0.4 is 15.8 Å². The zero-order valence-electron chi connectivity index (χ0n) is 15.9. The summed E-state index contributed by atoms with van der Waals surface area (Å²) in [6.45, 7) is 1.85. The molecule has 0 unspecified atom stereocenters. The fraction of sp³-hybridized carbons (Fsp3) is 0.136. The molecule has 7 heteroatoms. The van der Waals surface area contributed by atoms with Crippen LogP contribution in [0, 0.1) is 6.92 Å². The van der Waals surface area contributed by atoms with Crippen molar-refractivity contribution < 1.29 is 13.2 Å². The van der Waals surface area contributed by atoms with Crippen molar-refractivity contribution in [2.24, 2.45) is 5.73 Å². The molecule has 0 aliphatic heterocycles. The fourth-order valence-corrected chi connectivity index (χ4v) is 3.89. The Balaban J connectivity index is 1.82. The van der Waals surface area contributed by atoms with Crippen LogP contribution >= 0.6 is 0 Å². The summed E-state index contributed by atoms with van der Waals surface area (Å²) in [6.07, 6.45) is 0. The molecule has 0 aliphatic rings. The summed E-state index contributed by atoms with van der Waals surface area (Å²) in [5.74, 6) is 0. The Hall–Kier alpha value is -3.16. The number of carbonyl (C=O) groups is 1. The molecule has 0 aliphatic carbocycles. The molecule has 3 rings (SSSR count). The van der Waals surface area contributed by atoms with Crippen LogP contribution in [-0.2, 0) is 10.0 Å². The second-order valence-corrected chi connectivity index (χ2v) is 8.40. The molecular formula is C22H23N3O3S. The molecule has 0 radical (unpaired) electrons. The Bertz CT molecular complexity index is 1050. The summed E-state index contributed by atoms with van der Waals surface area (Å²) in [5.41, 5.74) is 8.93. The van der Waals surface area contributed by atoms with Crippen molar-refractivity contribution in [1.29, 1.82) is 0 Å². The maximum Gasteiger partial charge on any atom is 0.329 e. The van der Waals surface area contributed by atoms with Crippen molar-refractivity contribution in [1.82, 2.24) is 10.0 Å². The van der Waals surface area contributed by atoms with E-state index in [1.54, 1.807) is 12.1 Å². The first-order valence-electron chi connectivity index (χ1n) is 9.12. The third-order valence-electron chi connectivity index (χ3n) is 4.55. The summed E-state index contributed by atoms with van der Waals surface area (Å²) in [5, 5.41) is 2.71. The smallest absolute Gasteiger partial charge is 0.329 e. The highest BCUT2D eigenvalue weighted by molar-refractivity contribution is 7.90. The van der Waals surface area contributed by atoms with Gasteiger partial charge in [-0.3, -0.25) is 0 Å². The largest absolute Gasteiger partial charge is 0.329 e. The van der Waals surface area contributed by atoms with Gasteiger partial charge in [-0.15, -0.1) is 0 Å². The molecule has 2 atom stereocenters. The molecule has 4 N–H and O–H groups in total. The highest BCUT2D eigenvalue weighted by atomic mass is 32.2. The number of rotatable bonds is 6. The van der Waals surface area contributed by atoms with E-state index in [0.717, 1.165) is 16.7 Å². The molecule has 0 fully saturated rings. The minimum atomic E-state index is -4.00. The van der Waals surface area contributed by atoms with Crippen molar-refractivity contribution in [3.05, 3.63) is 102 Å². The van der Waals surface area contributed by atoms with Gasteiger partial charge >= 0.3 is 6.03 Å². The van der Waals surface area contributed by atoms with Gasteiger partial charge in [0.2, 0.25) is 0 Å². The van der Waals surface area contributed by atoms with Gasteiger partial charge in [0, 0.05) is 0 Å². The highest BCUT2D eigenvalue weighted by Crippen LogP contribution is 2.26. The molecule has 0 heterocycles. The predicted molar refractivity (Wildman–Crippen MR) is 113 cm³/mol. The molecule has 0 aromatic heterocycles. The summed E-state index contributed by atoms with van der Waals surface area (Å²) < 4.78 is 27.1. The summed E-state index contributed by atoms with van der Waals surface area (Å²) >= 11 is 0. The summed E-state index contributed by atoms with van der Waals surface area (Å²) in [6, 6.07) is 22.8. The summed E-state index contributed by atoms with van der Waals surface area (Å²) in [7, 11) is -4.00. The van der Waals surface area contributed by atoms with Crippen LogP contribution in [0.1, 0.15) is 28.8 Å². The first kappa shape index (κ1) is 20.6. The van der Waals surface area contributed by atoms with Gasteiger partial charge in [-0.05, 0) is 30.2 Å². The minimum absolute atomic E-state index is 0.0156. The molecule has 0 bridgehead atoms. The number of hydrogen-bond donors (Lipinski definition) is 3. The first-order valence-corrected chi connectivity index (χ1v) is 10.6. The Labute approximate surface area is 170 Å². The Morgan fingerprint density at radius 1 is 0.828 bits per heavy atom. The van der Waals surface area contributed by atoms with E-state index in [-0.39, 0.29) is 4.90 Å². The molecule has 2 amide bonds. The zero-order valence-corrected chi connectivity index (χ0v) is 16.8. The average Bonchev–Trinajstić information content (AvgIpc) is 2.73. The van der Waals surface area contributed by atoms with Crippen molar-refractivity contribution in [3.8, 4) is 0 Å². The number of benzene rings is 3. The molecule has 0 saturated carbocycles. The third kappa shape index (κ3) is 5.22. The number of carbonyl (C=O) groups excluding carboxylic acids is 1. The number of nitrogens with two attached hydrogens (primary N) is 1. The monoisotopic (exact) mass is 409 g/mol. The lowest BCUT2D eigenvalue weighted by molar-refractivity contribution is 0.240.